The molecule has 0 aliphatic heterocycles. The summed E-state index contributed by atoms with van der Waals surface area (Å²) in [4.78, 5) is 22.1. The molecule has 136 valence electrons. The molecular weight excluding hydrogens is 414 g/mol. The van der Waals surface area contributed by atoms with Crippen molar-refractivity contribution in [2.75, 3.05) is 23.4 Å². The van der Waals surface area contributed by atoms with Gasteiger partial charge in [0.05, 0.1) is 29.1 Å². The maximum atomic E-state index is 12.8. The van der Waals surface area contributed by atoms with Crippen molar-refractivity contribution >= 4 is 45.0 Å². The first kappa shape index (κ1) is 20.2. The van der Waals surface area contributed by atoms with Crippen LogP contribution in [0.1, 0.15) is 36.8 Å². The molecule has 0 unspecified atom stereocenters. The molecule has 2 aromatic heterocycles. The van der Waals surface area contributed by atoms with E-state index in [2.05, 4.69) is 42.6 Å². The number of thioether (sulfide) groups is 1. The van der Waals surface area contributed by atoms with Gasteiger partial charge in [-0.25, -0.2) is 9.97 Å². The van der Waals surface area contributed by atoms with Crippen molar-refractivity contribution < 1.29 is 4.79 Å². The monoisotopic (exact) mass is 433 g/mol. The molecule has 2 N–H and O–H groups in total. The van der Waals surface area contributed by atoms with Crippen LogP contribution in [-0.2, 0) is 5.41 Å². The second-order valence-electron chi connectivity index (χ2n) is 6.00. The zero-order valence-electron chi connectivity index (χ0n) is 15.1. The predicted octanol–water partition coefficient (Wildman–Crippen LogP) is 4.45. The maximum Gasteiger partial charge on any atom is 0.275 e. The van der Waals surface area contributed by atoms with Crippen LogP contribution in [0.25, 0.3) is 0 Å². The molecule has 8 heteroatoms. The van der Waals surface area contributed by atoms with E-state index in [-0.39, 0.29) is 5.91 Å². The van der Waals surface area contributed by atoms with Gasteiger partial charge in [0.1, 0.15) is 10.3 Å². The molecule has 26 heavy (non-hydrogen) atoms. The zero-order chi connectivity index (χ0) is 19.3. The minimum Gasteiger partial charge on any atom is -0.385 e. The van der Waals surface area contributed by atoms with Gasteiger partial charge in [-0.2, -0.15) is 5.26 Å². The number of carbonyl (C=O) groups excluding carboxylic acids is 1. The van der Waals surface area contributed by atoms with Crippen molar-refractivity contribution in [2.45, 2.75) is 31.1 Å². The summed E-state index contributed by atoms with van der Waals surface area (Å²) in [7, 11) is 1.76. The minimum absolute atomic E-state index is 0.308. The number of nitriles is 1. The molecule has 0 aliphatic rings. The van der Waals surface area contributed by atoms with Gasteiger partial charge >= 0.3 is 0 Å². The highest BCUT2D eigenvalue weighted by atomic mass is 79.9. The third-order valence-electron chi connectivity index (χ3n) is 3.76. The number of hydrogen-bond acceptors (Lipinski definition) is 6. The van der Waals surface area contributed by atoms with Gasteiger partial charge in [0.25, 0.3) is 5.91 Å². The quantitative estimate of drug-likeness (QED) is 0.516. The second-order valence-corrected chi connectivity index (χ2v) is 8.12. The number of nitrogens with one attached hydrogen (secondary N) is 2. The molecule has 2 rings (SSSR count). The van der Waals surface area contributed by atoms with Crippen LogP contribution in [0.3, 0.4) is 0 Å². The van der Waals surface area contributed by atoms with Crippen molar-refractivity contribution in [2.24, 2.45) is 0 Å². The Labute approximate surface area is 165 Å². The van der Waals surface area contributed by atoms with Crippen LogP contribution in [0.5, 0.6) is 0 Å². The minimum atomic E-state index is -0.666. The molecule has 0 bridgehead atoms. The van der Waals surface area contributed by atoms with Crippen LogP contribution in [0.4, 0.5) is 11.4 Å². The number of amides is 1. The van der Waals surface area contributed by atoms with Crippen molar-refractivity contribution in [1.29, 1.82) is 5.26 Å². The van der Waals surface area contributed by atoms with E-state index in [4.69, 9.17) is 0 Å². The lowest BCUT2D eigenvalue weighted by Gasteiger charge is -2.18. The molecule has 2 heterocycles. The standard InChI is InChI=1S/C18H20BrN5OS/c1-5-26-14-6-11(18(2,3)10-20)8-23-16(14)17(25)24-12-7-15(19)22-9-13(12)21-4/h6-9,21H,5H2,1-4H3,(H,22,24,25). The van der Waals surface area contributed by atoms with Gasteiger partial charge in [0, 0.05) is 18.1 Å². The van der Waals surface area contributed by atoms with Crippen LogP contribution in [0.2, 0.25) is 0 Å². The van der Waals surface area contributed by atoms with Crippen molar-refractivity contribution in [3.63, 3.8) is 0 Å². The number of carbonyl (C=O) groups is 1. The highest BCUT2D eigenvalue weighted by Gasteiger charge is 2.23. The van der Waals surface area contributed by atoms with Gasteiger partial charge in [0.15, 0.2) is 0 Å². The lowest BCUT2D eigenvalue weighted by Crippen LogP contribution is -2.19. The SMILES string of the molecule is CCSc1cc(C(C)(C)C#N)cnc1C(=O)Nc1cc(Br)ncc1NC. The Morgan fingerprint density at radius 2 is 2.04 bits per heavy atom. The highest BCUT2D eigenvalue weighted by Crippen LogP contribution is 2.30. The van der Waals surface area contributed by atoms with Gasteiger partial charge in [-0.15, -0.1) is 11.8 Å². The topological polar surface area (TPSA) is 90.7 Å². The fourth-order valence-electron chi connectivity index (χ4n) is 2.20. The first-order valence-electron chi connectivity index (χ1n) is 8.01. The number of halogens is 1. The molecular formula is C18H20BrN5OS. The van der Waals surface area contributed by atoms with E-state index in [1.54, 1.807) is 25.5 Å². The Morgan fingerprint density at radius 3 is 2.65 bits per heavy atom. The number of anilines is 2. The van der Waals surface area contributed by atoms with Crippen LogP contribution in [0, 0.1) is 11.3 Å². The Kier molecular flexibility index (Phi) is 6.62. The summed E-state index contributed by atoms with van der Waals surface area (Å²) >= 11 is 4.83. The summed E-state index contributed by atoms with van der Waals surface area (Å²) in [6, 6.07) is 5.87. The molecule has 0 aromatic carbocycles. The van der Waals surface area contributed by atoms with Crippen LogP contribution in [-0.4, -0.2) is 28.7 Å². The van der Waals surface area contributed by atoms with E-state index in [9.17, 15) is 10.1 Å². The Bertz CT molecular complexity index is 863. The first-order chi connectivity index (χ1) is 12.3. The lowest BCUT2D eigenvalue weighted by atomic mass is 9.87. The van der Waals surface area contributed by atoms with Crippen LogP contribution >= 0.6 is 27.7 Å². The Balaban J connectivity index is 2.40. The number of hydrogen-bond donors (Lipinski definition) is 2. The third-order valence-corrected chi connectivity index (χ3v) is 5.10. The second kappa shape index (κ2) is 8.52. The summed E-state index contributed by atoms with van der Waals surface area (Å²) in [5, 5.41) is 15.2. The van der Waals surface area contributed by atoms with Gasteiger partial charge in [0.2, 0.25) is 0 Å². The van der Waals surface area contributed by atoms with Gasteiger partial charge in [-0.3, -0.25) is 4.79 Å². The number of pyridine rings is 2. The van der Waals surface area contributed by atoms with Gasteiger partial charge in [-0.05, 0) is 53.2 Å². The van der Waals surface area contributed by atoms with Crippen LogP contribution in [0.15, 0.2) is 34.0 Å². The Hall–Kier alpha value is -2.11. The molecule has 0 aliphatic carbocycles. The molecule has 0 fully saturated rings. The summed E-state index contributed by atoms with van der Waals surface area (Å²) in [6.45, 7) is 5.67. The third kappa shape index (κ3) is 4.54. The summed E-state index contributed by atoms with van der Waals surface area (Å²) in [5.41, 5.74) is 1.77. The first-order valence-corrected chi connectivity index (χ1v) is 9.79. The average Bonchev–Trinajstić information content (AvgIpc) is 2.62. The Morgan fingerprint density at radius 1 is 1.31 bits per heavy atom. The molecule has 0 radical (unpaired) electrons. The smallest absolute Gasteiger partial charge is 0.275 e. The molecule has 0 spiro atoms. The van der Waals surface area contributed by atoms with Gasteiger partial charge < -0.3 is 10.6 Å². The summed E-state index contributed by atoms with van der Waals surface area (Å²) in [6.07, 6.45) is 3.23. The van der Waals surface area contributed by atoms with E-state index in [0.717, 1.165) is 16.2 Å². The van der Waals surface area contributed by atoms with E-state index in [1.165, 1.54) is 11.8 Å². The molecule has 6 nitrogen and oxygen atoms in total. The molecule has 0 saturated heterocycles. The fourth-order valence-corrected chi connectivity index (χ4v) is 3.34. The van der Waals surface area contributed by atoms with E-state index >= 15 is 0 Å². The fraction of sp³-hybridized carbons (Fsp3) is 0.333. The van der Waals surface area contributed by atoms with Crippen molar-refractivity contribution in [3.8, 4) is 6.07 Å². The summed E-state index contributed by atoms with van der Waals surface area (Å²) in [5.74, 6) is 0.484. The average molecular weight is 434 g/mol. The maximum absolute atomic E-state index is 12.8. The zero-order valence-corrected chi connectivity index (χ0v) is 17.5. The van der Waals surface area contributed by atoms with Gasteiger partial charge in [-0.1, -0.05) is 6.92 Å². The molecule has 0 atom stereocenters. The van der Waals surface area contributed by atoms with Crippen LogP contribution < -0.4 is 10.6 Å². The lowest BCUT2D eigenvalue weighted by molar-refractivity contribution is 0.101. The highest BCUT2D eigenvalue weighted by molar-refractivity contribution is 9.10. The van der Waals surface area contributed by atoms with E-state index in [0.29, 0.717) is 21.7 Å². The van der Waals surface area contributed by atoms with E-state index in [1.807, 2.05) is 26.8 Å². The normalized spacial score (nSPS) is 10.9. The summed E-state index contributed by atoms with van der Waals surface area (Å²) < 4.78 is 0.619. The largest absolute Gasteiger partial charge is 0.385 e. The number of nitrogens with zero attached hydrogens (tertiary/aromatic N) is 3. The molecule has 0 saturated carbocycles. The van der Waals surface area contributed by atoms with E-state index < -0.39 is 5.41 Å². The van der Waals surface area contributed by atoms with Crippen molar-refractivity contribution in [3.05, 3.63) is 40.4 Å². The number of rotatable bonds is 6. The van der Waals surface area contributed by atoms with Crippen molar-refractivity contribution in [1.82, 2.24) is 9.97 Å². The number of aromatic nitrogens is 2. The molecule has 1 amide bonds. The molecule has 2 aromatic rings. The predicted molar refractivity (Wildman–Crippen MR) is 109 cm³/mol.